The van der Waals surface area contributed by atoms with Gasteiger partial charge in [-0.2, -0.15) is 0 Å². The number of halogens is 1. The van der Waals surface area contributed by atoms with Gasteiger partial charge in [-0.3, -0.25) is 4.79 Å². The van der Waals surface area contributed by atoms with Gasteiger partial charge < -0.3 is 20.3 Å². The number of aliphatic imine (C=N–C) groups is 1. The minimum Gasteiger partial charge on any atom is -0.497 e. The highest BCUT2D eigenvalue weighted by Gasteiger charge is 2.30. The summed E-state index contributed by atoms with van der Waals surface area (Å²) in [7, 11) is 3.31. The zero-order chi connectivity index (χ0) is 22.7. The van der Waals surface area contributed by atoms with E-state index in [2.05, 4.69) is 10.6 Å². The van der Waals surface area contributed by atoms with Gasteiger partial charge in [0.1, 0.15) is 5.75 Å². The highest BCUT2D eigenvalue weighted by atomic mass is 35.5. The molecule has 1 atom stereocenters. The van der Waals surface area contributed by atoms with Gasteiger partial charge in [0.15, 0.2) is 5.11 Å². The SMILES string of the molecule is COc1cccc(NC(=S)NC2N=C(c3ccccc3)c3cc(Cl)ccc3N(C)C2=O)c1. The van der Waals surface area contributed by atoms with E-state index in [1.807, 2.05) is 66.7 Å². The number of rotatable bonds is 4. The summed E-state index contributed by atoms with van der Waals surface area (Å²) in [5.74, 6) is 0.453. The van der Waals surface area contributed by atoms with Gasteiger partial charge in [0, 0.05) is 35.0 Å². The average Bonchev–Trinajstić information content (AvgIpc) is 2.90. The number of amides is 1. The number of methoxy groups -OCH3 is 1. The fraction of sp³-hybridized carbons (Fsp3) is 0.125. The van der Waals surface area contributed by atoms with Crippen LogP contribution in [0.25, 0.3) is 0 Å². The summed E-state index contributed by atoms with van der Waals surface area (Å²) in [6, 6.07) is 22.4. The third-order valence-electron chi connectivity index (χ3n) is 5.04. The third kappa shape index (κ3) is 4.59. The first-order valence-corrected chi connectivity index (χ1v) is 10.7. The van der Waals surface area contributed by atoms with Crippen LogP contribution in [0.5, 0.6) is 5.75 Å². The van der Waals surface area contributed by atoms with Gasteiger partial charge in [0.25, 0.3) is 5.91 Å². The van der Waals surface area contributed by atoms with Gasteiger partial charge in [-0.15, -0.1) is 0 Å². The second kappa shape index (κ2) is 9.38. The molecule has 32 heavy (non-hydrogen) atoms. The van der Waals surface area contributed by atoms with Crippen LogP contribution in [-0.2, 0) is 4.79 Å². The first-order valence-electron chi connectivity index (χ1n) is 9.88. The molecular formula is C24H21ClN4O2S. The number of hydrogen-bond donors (Lipinski definition) is 2. The van der Waals surface area contributed by atoms with Gasteiger partial charge in [0.2, 0.25) is 6.17 Å². The van der Waals surface area contributed by atoms with Gasteiger partial charge in [-0.25, -0.2) is 4.99 Å². The Labute approximate surface area is 196 Å². The van der Waals surface area contributed by atoms with E-state index in [-0.39, 0.29) is 11.0 Å². The zero-order valence-electron chi connectivity index (χ0n) is 17.5. The fourth-order valence-electron chi connectivity index (χ4n) is 3.46. The number of carbonyl (C=O) groups is 1. The lowest BCUT2D eigenvalue weighted by Gasteiger charge is -2.22. The number of benzene rings is 3. The third-order valence-corrected chi connectivity index (χ3v) is 5.50. The molecule has 162 valence electrons. The largest absolute Gasteiger partial charge is 0.497 e. The van der Waals surface area contributed by atoms with Crippen LogP contribution < -0.4 is 20.3 Å². The maximum atomic E-state index is 13.3. The lowest BCUT2D eigenvalue weighted by atomic mass is 10.0. The number of nitrogens with zero attached hydrogens (tertiary/aromatic N) is 2. The van der Waals surface area contributed by atoms with Gasteiger partial charge in [-0.1, -0.05) is 48.0 Å². The van der Waals surface area contributed by atoms with Crippen molar-refractivity contribution in [1.29, 1.82) is 0 Å². The summed E-state index contributed by atoms with van der Waals surface area (Å²) in [5.41, 5.74) is 3.76. The van der Waals surface area contributed by atoms with Crippen LogP contribution in [0, 0.1) is 0 Å². The molecule has 0 saturated heterocycles. The Morgan fingerprint density at radius 3 is 2.62 bits per heavy atom. The maximum absolute atomic E-state index is 13.3. The van der Waals surface area contributed by atoms with Crippen LogP contribution in [0.15, 0.2) is 77.8 Å². The minimum atomic E-state index is -0.924. The van der Waals surface area contributed by atoms with E-state index in [1.165, 1.54) is 0 Å². The van der Waals surface area contributed by atoms with E-state index in [4.69, 9.17) is 33.5 Å². The van der Waals surface area contributed by atoms with Crippen LogP contribution >= 0.6 is 23.8 Å². The Bertz CT molecular complexity index is 1200. The second-order valence-corrected chi connectivity index (χ2v) is 7.98. The van der Waals surface area contributed by atoms with Crippen LogP contribution in [0.3, 0.4) is 0 Å². The van der Waals surface area contributed by atoms with Crippen LogP contribution in [0.4, 0.5) is 11.4 Å². The topological polar surface area (TPSA) is 66.0 Å². The minimum absolute atomic E-state index is 0.241. The van der Waals surface area contributed by atoms with E-state index < -0.39 is 6.17 Å². The number of hydrogen-bond acceptors (Lipinski definition) is 4. The van der Waals surface area contributed by atoms with Crippen molar-refractivity contribution in [2.75, 3.05) is 24.4 Å². The fourth-order valence-corrected chi connectivity index (χ4v) is 3.86. The molecule has 4 rings (SSSR count). The molecular weight excluding hydrogens is 444 g/mol. The summed E-state index contributed by atoms with van der Waals surface area (Å²) in [6.07, 6.45) is -0.924. The smallest absolute Gasteiger partial charge is 0.272 e. The molecule has 3 aromatic rings. The van der Waals surface area contributed by atoms with Crippen molar-refractivity contribution in [3.8, 4) is 5.75 Å². The predicted molar refractivity (Wildman–Crippen MR) is 133 cm³/mol. The first kappa shape index (κ1) is 21.8. The van der Waals surface area contributed by atoms with E-state index >= 15 is 0 Å². The molecule has 0 radical (unpaired) electrons. The standard InChI is InChI=1S/C24H21ClN4O2S/c1-29-20-12-11-16(25)13-19(20)21(15-7-4-3-5-8-15)27-22(23(29)30)28-24(32)26-17-9-6-10-18(14-17)31-2/h3-14,22H,1-2H3,(H2,26,28,32). The van der Waals surface area contributed by atoms with E-state index in [0.29, 0.717) is 16.5 Å². The molecule has 0 spiro atoms. The summed E-state index contributed by atoms with van der Waals surface area (Å²) in [5, 5.41) is 6.96. The number of thiocarbonyl (C=S) groups is 1. The van der Waals surface area contributed by atoms with Crippen molar-refractivity contribution in [2.24, 2.45) is 4.99 Å². The number of fused-ring (bicyclic) bond motifs is 1. The molecule has 3 aromatic carbocycles. The lowest BCUT2D eigenvalue weighted by molar-refractivity contribution is -0.119. The highest BCUT2D eigenvalue weighted by Crippen LogP contribution is 2.30. The summed E-state index contributed by atoms with van der Waals surface area (Å²) < 4.78 is 5.25. The van der Waals surface area contributed by atoms with Gasteiger partial charge in [-0.05, 0) is 42.5 Å². The quantitative estimate of drug-likeness (QED) is 0.557. The van der Waals surface area contributed by atoms with Crippen molar-refractivity contribution in [3.63, 3.8) is 0 Å². The van der Waals surface area contributed by atoms with Gasteiger partial charge in [0.05, 0.1) is 18.5 Å². The monoisotopic (exact) mass is 464 g/mol. The molecule has 1 amide bonds. The Hall–Kier alpha value is -3.42. The maximum Gasteiger partial charge on any atom is 0.272 e. The molecule has 0 saturated carbocycles. The average molecular weight is 465 g/mol. The molecule has 1 aliphatic heterocycles. The van der Waals surface area contributed by atoms with Gasteiger partial charge >= 0.3 is 0 Å². The van der Waals surface area contributed by atoms with Crippen molar-refractivity contribution >= 4 is 51.9 Å². The molecule has 1 aliphatic rings. The Morgan fingerprint density at radius 1 is 1.09 bits per heavy atom. The molecule has 8 heteroatoms. The zero-order valence-corrected chi connectivity index (χ0v) is 19.1. The molecule has 6 nitrogen and oxygen atoms in total. The van der Waals surface area contributed by atoms with Crippen molar-refractivity contribution in [3.05, 3.63) is 88.9 Å². The molecule has 2 N–H and O–H groups in total. The second-order valence-electron chi connectivity index (χ2n) is 7.14. The highest BCUT2D eigenvalue weighted by molar-refractivity contribution is 7.80. The predicted octanol–water partition coefficient (Wildman–Crippen LogP) is 4.48. The van der Waals surface area contributed by atoms with Crippen LogP contribution in [0.1, 0.15) is 11.1 Å². The summed E-state index contributed by atoms with van der Waals surface area (Å²) >= 11 is 11.8. The Morgan fingerprint density at radius 2 is 1.88 bits per heavy atom. The molecule has 0 bridgehead atoms. The molecule has 1 heterocycles. The van der Waals surface area contributed by atoms with E-state index in [9.17, 15) is 4.79 Å². The normalized spacial score (nSPS) is 15.3. The van der Waals surface area contributed by atoms with Crippen molar-refractivity contribution in [1.82, 2.24) is 5.32 Å². The number of benzodiazepines with no additional fused rings is 1. The van der Waals surface area contributed by atoms with Crippen LogP contribution in [-0.4, -0.2) is 37.1 Å². The molecule has 0 fully saturated rings. The van der Waals surface area contributed by atoms with Crippen molar-refractivity contribution in [2.45, 2.75) is 6.17 Å². The lowest BCUT2D eigenvalue weighted by Crippen LogP contribution is -2.47. The summed E-state index contributed by atoms with van der Waals surface area (Å²) in [6.45, 7) is 0. The van der Waals surface area contributed by atoms with Crippen LogP contribution in [0.2, 0.25) is 5.02 Å². The summed E-state index contributed by atoms with van der Waals surface area (Å²) in [4.78, 5) is 19.6. The van der Waals surface area contributed by atoms with E-state index in [1.54, 1.807) is 25.1 Å². The molecule has 1 unspecified atom stereocenters. The number of nitrogens with one attached hydrogen (secondary N) is 2. The molecule has 0 aliphatic carbocycles. The Balaban J connectivity index is 1.69. The molecule has 0 aromatic heterocycles. The first-order chi connectivity index (χ1) is 15.5. The Kier molecular flexibility index (Phi) is 6.39. The van der Waals surface area contributed by atoms with Crippen molar-refractivity contribution < 1.29 is 9.53 Å². The number of likely N-dealkylation sites (N-methyl/N-ethyl adjacent to an activating group) is 1. The number of anilines is 2. The number of ether oxygens (including phenoxy) is 1. The number of carbonyl (C=O) groups excluding carboxylic acids is 1. The van der Waals surface area contributed by atoms with E-state index in [0.717, 1.165) is 22.5 Å².